The van der Waals surface area contributed by atoms with Crippen LogP contribution in [0.3, 0.4) is 0 Å². The van der Waals surface area contributed by atoms with Crippen LogP contribution in [0.5, 0.6) is 0 Å². The normalized spacial score (nSPS) is 18.3. The molecule has 0 atom stereocenters. The third-order valence-corrected chi connectivity index (χ3v) is 7.66. The van der Waals surface area contributed by atoms with Crippen LogP contribution in [0.2, 0.25) is 0 Å². The zero-order valence-electron chi connectivity index (χ0n) is 23.0. The Morgan fingerprint density at radius 2 is 1.65 bits per heavy atom. The highest BCUT2D eigenvalue weighted by atomic mass is 15.2. The largest absolute Gasteiger partial charge is 0.381 e. The molecule has 190 valence electrons. The Labute approximate surface area is 223 Å². The lowest BCUT2D eigenvalue weighted by Gasteiger charge is -2.37. The van der Waals surface area contributed by atoms with Crippen LogP contribution >= 0.6 is 0 Å². The molecule has 3 aliphatic rings. The van der Waals surface area contributed by atoms with E-state index in [1.54, 1.807) is 0 Å². The summed E-state index contributed by atoms with van der Waals surface area (Å²) in [5.41, 5.74) is 12.0. The summed E-state index contributed by atoms with van der Waals surface area (Å²) in [6.45, 7) is 13.3. The first-order valence-electron chi connectivity index (χ1n) is 13.7. The van der Waals surface area contributed by atoms with Crippen LogP contribution < -0.4 is 5.32 Å². The summed E-state index contributed by atoms with van der Waals surface area (Å²) in [6, 6.07) is 19.7. The van der Waals surface area contributed by atoms with E-state index in [9.17, 15) is 0 Å². The van der Waals surface area contributed by atoms with E-state index in [1.807, 2.05) is 0 Å². The Hall–Kier alpha value is -3.52. The molecule has 0 unspecified atom stereocenters. The van der Waals surface area contributed by atoms with E-state index in [0.29, 0.717) is 5.92 Å². The highest BCUT2D eigenvalue weighted by Gasteiger charge is 2.27. The molecule has 2 aliphatic heterocycles. The van der Waals surface area contributed by atoms with Crippen LogP contribution in [0.15, 0.2) is 119 Å². The van der Waals surface area contributed by atoms with E-state index in [-0.39, 0.29) is 5.41 Å². The number of hydrogen-bond donors (Lipinski definition) is 1. The second-order valence-electron chi connectivity index (χ2n) is 11.6. The van der Waals surface area contributed by atoms with Gasteiger partial charge < -0.3 is 10.2 Å². The zero-order chi connectivity index (χ0) is 26.0. The zero-order valence-corrected chi connectivity index (χ0v) is 23.0. The summed E-state index contributed by atoms with van der Waals surface area (Å²) in [5.74, 6) is 0.569. The smallest absolute Gasteiger partial charge is 0.0490 e. The fourth-order valence-corrected chi connectivity index (χ4v) is 5.34. The first-order chi connectivity index (χ1) is 17.8. The Morgan fingerprint density at radius 3 is 2.35 bits per heavy atom. The molecule has 5 rings (SSSR count). The Balaban J connectivity index is 1.60. The van der Waals surface area contributed by atoms with E-state index in [0.717, 1.165) is 25.9 Å². The summed E-state index contributed by atoms with van der Waals surface area (Å²) >= 11 is 0. The van der Waals surface area contributed by atoms with Gasteiger partial charge in [-0.25, -0.2) is 0 Å². The van der Waals surface area contributed by atoms with Gasteiger partial charge in [-0.15, -0.1) is 0 Å². The number of benzene rings is 2. The Bertz CT molecular complexity index is 1340. The van der Waals surface area contributed by atoms with Gasteiger partial charge in [-0.3, -0.25) is 0 Å². The lowest BCUT2D eigenvalue weighted by Crippen LogP contribution is -2.30. The second kappa shape index (κ2) is 10.5. The number of nitrogens with one attached hydrogen (secondary N) is 1. The van der Waals surface area contributed by atoms with Crippen molar-refractivity contribution in [1.82, 2.24) is 10.2 Å². The lowest BCUT2D eigenvalue weighted by molar-refractivity contribution is 0.485. The maximum atomic E-state index is 3.75. The van der Waals surface area contributed by atoms with E-state index < -0.39 is 0 Å². The standard InChI is InChI=1S/C35H40N2/c1-25(2)29-18-19-32(36-24-29)31-16-9-10-17-33(31)37-21-20-30(35(3,4)5)23-34(37)28-15-11-14-27(22-28)26-12-7-6-8-13-26/h6-8,10-15,17-20,22-23,25,36H,9,16,21,24H2,1-5H3. The molecule has 0 amide bonds. The topological polar surface area (TPSA) is 15.3 Å². The van der Waals surface area contributed by atoms with Gasteiger partial charge in [-0.05, 0) is 81.9 Å². The average Bonchev–Trinajstić information content (AvgIpc) is 2.93. The molecule has 0 saturated carbocycles. The molecule has 0 radical (unpaired) electrons. The van der Waals surface area contributed by atoms with Crippen molar-refractivity contribution in [3.05, 3.63) is 125 Å². The average molecular weight is 489 g/mol. The summed E-state index contributed by atoms with van der Waals surface area (Å²) in [4.78, 5) is 2.52. The van der Waals surface area contributed by atoms with Crippen molar-refractivity contribution in [2.24, 2.45) is 11.3 Å². The van der Waals surface area contributed by atoms with Gasteiger partial charge in [0.15, 0.2) is 0 Å². The van der Waals surface area contributed by atoms with E-state index in [2.05, 4.69) is 136 Å². The second-order valence-corrected chi connectivity index (χ2v) is 11.6. The van der Waals surface area contributed by atoms with Crippen LogP contribution in [-0.4, -0.2) is 18.0 Å². The minimum absolute atomic E-state index is 0.0967. The number of dihydropyridines is 1. The van der Waals surface area contributed by atoms with Crippen LogP contribution in [0.1, 0.15) is 53.0 Å². The molecule has 0 spiro atoms. The maximum Gasteiger partial charge on any atom is 0.0490 e. The van der Waals surface area contributed by atoms with Gasteiger partial charge in [0, 0.05) is 30.2 Å². The first-order valence-corrected chi connectivity index (χ1v) is 13.7. The van der Waals surface area contributed by atoms with E-state index in [4.69, 9.17) is 0 Å². The molecule has 1 N–H and O–H groups in total. The van der Waals surface area contributed by atoms with Crippen molar-refractivity contribution in [1.29, 1.82) is 0 Å². The van der Waals surface area contributed by atoms with Crippen LogP contribution in [0, 0.1) is 11.3 Å². The molecule has 2 heteroatoms. The summed E-state index contributed by atoms with van der Waals surface area (Å²) in [6.07, 6.45) is 16.3. The quantitative estimate of drug-likeness (QED) is 0.453. The fraction of sp³-hybridized carbons (Fsp3) is 0.314. The third-order valence-electron chi connectivity index (χ3n) is 7.66. The van der Waals surface area contributed by atoms with Crippen molar-refractivity contribution in [3.8, 4) is 11.1 Å². The van der Waals surface area contributed by atoms with Crippen LogP contribution in [0.4, 0.5) is 0 Å². The molecule has 0 bridgehead atoms. The lowest BCUT2D eigenvalue weighted by atomic mass is 9.83. The van der Waals surface area contributed by atoms with Gasteiger partial charge in [-0.2, -0.15) is 0 Å². The predicted molar refractivity (Wildman–Crippen MR) is 159 cm³/mol. The number of nitrogens with zero attached hydrogens (tertiary/aromatic N) is 1. The van der Waals surface area contributed by atoms with E-state index >= 15 is 0 Å². The minimum atomic E-state index is 0.0967. The minimum Gasteiger partial charge on any atom is -0.381 e. The Morgan fingerprint density at radius 1 is 0.892 bits per heavy atom. The molecule has 0 aromatic heterocycles. The molecule has 2 aromatic rings. The predicted octanol–water partition coefficient (Wildman–Crippen LogP) is 8.66. The molecular formula is C35H40N2. The molecule has 2 heterocycles. The SMILES string of the molecule is CC(C)C1=CC=C(C2=C(N3CC=C(C(C)(C)C)C=C3c3cccc(-c4ccccc4)c3)C=CCC2)NC1. The molecule has 1 aliphatic carbocycles. The fourth-order valence-electron chi connectivity index (χ4n) is 5.34. The van der Waals surface area contributed by atoms with Crippen molar-refractivity contribution in [2.45, 2.75) is 47.5 Å². The van der Waals surface area contributed by atoms with Gasteiger partial charge >= 0.3 is 0 Å². The summed E-state index contributed by atoms with van der Waals surface area (Å²) in [7, 11) is 0. The van der Waals surface area contributed by atoms with Crippen molar-refractivity contribution in [2.75, 3.05) is 13.1 Å². The van der Waals surface area contributed by atoms with Gasteiger partial charge in [0.25, 0.3) is 0 Å². The molecule has 0 fully saturated rings. The molecule has 0 saturated heterocycles. The van der Waals surface area contributed by atoms with Gasteiger partial charge in [-0.1, -0.05) is 101 Å². The number of rotatable bonds is 5. The Kier molecular flexibility index (Phi) is 7.11. The highest BCUT2D eigenvalue weighted by Crippen LogP contribution is 2.39. The van der Waals surface area contributed by atoms with Crippen LogP contribution in [0.25, 0.3) is 16.8 Å². The van der Waals surface area contributed by atoms with Crippen molar-refractivity contribution < 1.29 is 0 Å². The van der Waals surface area contributed by atoms with Crippen molar-refractivity contribution >= 4 is 5.70 Å². The number of allylic oxidation sites excluding steroid dienone is 7. The summed E-state index contributed by atoms with van der Waals surface area (Å²) < 4.78 is 0. The van der Waals surface area contributed by atoms with Gasteiger partial charge in [0.2, 0.25) is 0 Å². The van der Waals surface area contributed by atoms with Crippen molar-refractivity contribution in [3.63, 3.8) is 0 Å². The monoisotopic (exact) mass is 488 g/mol. The van der Waals surface area contributed by atoms with Crippen LogP contribution in [-0.2, 0) is 0 Å². The molecule has 37 heavy (non-hydrogen) atoms. The van der Waals surface area contributed by atoms with Gasteiger partial charge in [0.05, 0.1) is 0 Å². The molecule has 2 aromatic carbocycles. The third kappa shape index (κ3) is 5.44. The summed E-state index contributed by atoms with van der Waals surface area (Å²) in [5, 5.41) is 3.75. The highest BCUT2D eigenvalue weighted by molar-refractivity contribution is 5.76. The molecular weight excluding hydrogens is 448 g/mol. The number of hydrogen-bond acceptors (Lipinski definition) is 2. The molecule has 2 nitrogen and oxygen atoms in total. The van der Waals surface area contributed by atoms with Gasteiger partial charge in [0.1, 0.15) is 0 Å². The van der Waals surface area contributed by atoms with E-state index in [1.165, 1.54) is 50.5 Å². The first kappa shape index (κ1) is 25.1. The maximum absolute atomic E-state index is 3.75.